The van der Waals surface area contributed by atoms with E-state index in [-0.39, 0.29) is 59.6 Å². The van der Waals surface area contributed by atoms with Gasteiger partial charge in [0.25, 0.3) is 0 Å². The minimum atomic E-state index is -0.223. The van der Waals surface area contributed by atoms with E-state index in [1.54, 1.807) is 7.11 Å². The van der Waals surface area contributed by atoms with Crippen molar-refractivity contribution in [3.05, 3.63) is 0 Å². The maximum absolute atomic E-state index is 12.8. The van der Waals surface area contributed by atoms with Gasteiger partial charge in [0.15, 0.2) is 0 Å². The molecule has 0 bridgehead atoms. The number of hydrogen-bond acceptors (Lipinski definition) is 14. The molecule has 1 fully saturated rings. The lowest BCUT2D eigenvalue weighted by molar-refractivity contribution is -0.140. The highest BCUT2D eigenvalue weighted by Gasteiger charge is 2.39. The van der Waals surface area contributed by atoms with E-state index in [0.29, 0.717) is 157 Å². The van der Waals surface area contributed by atoms with Gasteiger partial charge in [0.1, 0.15) is 5.78 Å². The lowest BCUT2D eigenvalue weighted by Crippen LogP contribution is -2.42. The van der Waals surface area contributed by atoms with Crippen molar-refractivity contribution in [1.29, 1.82) is 0 Å². The Bertz CT molecular complexity index is 1130. The fourth-order valence-corrected chi connectivity index (χ4v) is 6.06. The number of methoxy groups -OCH3 is 1. The summed E-state index contributed by atoms with van der Waals surface area (Å²) in [5.74, 6) is -0.193. The van der Waals surface area contributed by atoms with Crippen molar-refractivity contribution < 1.29 is 61.9 Å². The average molecular weight is 861 g/mol. The highest BCUT2D eigenvalue weighted by Crippen LogP contribution is 2.26. The molecular weight excluding hydrogens is 780 g/mol. The summed E-state index contributed by atoms with van der Waals surface area (Å²) in [7, 11) is 1.64. The number of rotatable bonds is 43. The van der Waals surface area contributed by atoms with E-state index >= 15 is 0 Å². The number of ether oxygens (including phenoxy) is 8. The van der Waals surface area contributed by atoms with Gasteiger partial charge < -0.3 is 53.8 Å². The van der Waals surface area contributed by atoms with Crippen LogP contribution in [0.25, 0.3) is 0 Å². The number of ketones is 1. The Balaban J connectivity index is 2.07. The normalized spacial score (nSPS) is 14.8. The van der Waals surface area contributed by atoms with Crippen LogP contribution in [0.4, 0.5) is 0 Å². The molecule has 1 unspecified atom stereocenters. The molecule has 3 N–H and O–H groups in total. The van der Waals surface area contributed by atoms with Crippen LogP contribution in [0.5, 0.6) is 0 Å². The van der Waals surface area contributed by atoms with Gasteiger partial charge in [0, 0.05) is 76.8 Å². The third kappa shape index (κ3) is 30.4. The number of amides is 4. The van der Waals surface area contributed by atoms with Crippen LogP contribution >= 0.6 is 0 Å². The Morgan fingerprint density at radius 3 is 1.65 bits per heavy atom. The topological polar surface area (TPSA) is 199 Å². The highest BCUT2D eigenvalue weighted by atomic mass is 16.6. The second-order valence-corrected chi connectivity index (χ2v) is 15.5. The molecule has 0 saturated carbocycles. The summed E-state index contributed by atoms with van der Waals surface area (Å²) < 4.78 is 43.1. The zero-order valence-electron chi connectivity index (χ0n) is 37.6. The van der Waals surface area contributed by atoms with Crippen LogP contribution in [0.3, 0.4) is 0 Å². The molecule has 1 aliphatic heterocycles. The summed E-state index contributed by atoms with van der Waals surface area (Å²) >= 11 is 0. The summed E-state index contributed by atoms with van der Waals surface area (Å²) in [6.45, 7) is 16.9. The van der Waals surface area contributed by atoms with Gasteiger partial charge in [-0.15, -0.1) is 0 Å². The van der Waals surface area contributed by atoms with Crippen LogP contribution in [-0.4, -0.2) is 173 Å². The molecule has 0 aliphatic carbocycles. The summed E-state index contributed by atoms with van der Waals surface area (Å²) in [5.41, 5.74) is 0. The standard InChI is InChI=1S/C43H80N4O13/c1-35(2)38-33-42(51)47(43(38)52)17-10-6-7-12-41(50)46-37(34-44-16-13-39(48)36(3)4)11-8-9-15-45-40(49)14-18-54-21-22-56-25-26-58-29-30-60-32-31-59-28-27-57-24-23-55-20-19-53-5/h35-38,44H,6-34H2,1-5H3,(H,45,49)(H,46,50)/t37-,38?/m0/s1. The van der Waals surface area contributed by atoms with Crippen LogP contribution < -0.4 is 16.0 Å². The molecule has 1 heterocycles. The van der Waals surface area contributed by atoms with Crippen LogP contribution in [0, 0.1) is 17.8 Å². The van der Waals surface area contributed by atoms with Crippen molar-refractivity contribution in [3.63, 3.8) is 0 Å². The van der Waals surface area contributed by atoms with E-state index in [4.69, 9.17) is 37.9 Å². The third-order valence-electron chi connectivity index (χ3n) is 9.76. The second kappa shape index (κ2) is 38.1. The first-order valence-corrected chi connectivity index (χ1v) is 22.2. The second-order valence-electron chi connectivity index (χ2n) is 15.5. The number of hydrogen-bond donors (Lipinski definition) is 3. The summed E-state index contributed by atoms with van der Waals surface area (Å²) in [4.78, 5) is 63.3. The van der Waals surface area contributed by atoms with Crippen molar-refractivity contribution >= 4 is 29.4 Å². The molecule has 1 rings (SSSR count). The van der Waals surface area contributed by atoms with Crippen molar-refractivity contribution in [3.8, 4) is 0 Å². The fourth-order valence-electron chi connectivity index (χ4n) is 6.06. The molecule has 350 valence electrons. The first-order valence-electron chi connectivity index (χ1n) is 22.2. The van der Waals surface area contributed by atoms with Gasteiger partial charge in [-0.1, -0.05) is 34.1 Å². The monoisotopic (exact) mass is 861 g/mol. The van der Waals surface area contributed by atoms with E-state index in [1.165, 1.54) is 4.90 Å². The lowest BCUT2D eigenvalue weighted by atomic mass is 9.94. The van der Waals surface area contributed by atoms with E-state index < -0.39 is 0 Å². The quantitative estimate of drug-likeness (QED) is 0.0598. The number of imide groups is 1. The molecule has 60 heavy (non-hydrogen) atoms. The maximum Gasteiger partial charge on any atom is 0.233 e. The van der Waals surface area contributed by atoms with Gasteiger partial charge in [-0.25, -0.2) is 0 Å². The maximum atomic E-state index is 12.8. The molecule has 1 aliphatic rings. The zero-order chi connectivity index (χ0) is 44.1. The molecular formula is C43H80N4O13. The predicted molar refractivity (Wildman–Crippen MR) is 226 cm³/mol. The Hall–Kier alpha value is -2.61. The molecule has 2 atom stereocenters. The first-order chi connectivity index (χ1) is 29.1. The number of unbranched alkanes of at least 4 members (excludes halogenated alkanes) is 3. The highest BCUT2D eigenvalue weighted by molar-refractivity contribution is 6.03. The molecule has 0 aromatic carbocycles. The van der Waals surface area contributed by atoms with Crippen LogP contribution in [0.1, 0.15) is 91.9 Å². The zero-order valence-corrected chi connectivity index (χ0v) is 37.6. The minimum Gasteiger partial charge on any atom is -0.382 e. The van der Waals surface area contributed by atoms with Crippen LogP contribution in [0.2, 0.25) is 0 Å². The van der Waals surface area contributed by atoms with E-state index in [9.17, 15) is 24.0 Å². The molecule has 1 saturated heterocycles. The van der Waals surface area contributed by atoms with Gasteiger partial charge in [0.05, 0.1) is 99.1 Å². The first kappa shape index (κ1) is 55.4. The molecule has 0 radical (unpaired) electrons. The fraction of sp³-hybridized carbons (Fsp3) is 0.884. The number of nitrogens with zero attached hydrogens (tertiary/aromatic N) is 1. The van der Waals surface area contributed by atoms with Crippen molar-refractivity contribution in [1.82, 2.24) is 20.9 Å². The number of likely N-dealkylation sites (tertiary alicyclic amines) is 1. The third-order valence-corrected chi connectivity index (χ3v) is 9.76. The molecule has 0 spiro atoms. The number of nitrogens with one attached hydrogen (secondary N) is 3. The average Bonchev–Trinajstić information content (AvgIpc) is 3.51. The molecule has 0 aromatic heterocycles. The Kier molecular flexibility index (Phi) is 35.2. The largest absolute Gasteiger partial charge is 0.382 e. The van der Waals surface area contributed by atoms with Gasteiger partial charge in [-0.3, -0.25) is 28.9 Å². The molecule has 0 aromatic rings. The Morgan fingerprint density at radius 2 is 1.15 bits per heavy atom. The van der Waals surface area contributed by atoms with E-state index in [1.807, 2.05) is 27.7 Å². The SMILES string of the molecule is COCCOCCOCCOCCOCCOCCOCCOCCC(=O)NCCCC[C@@H](CNCCC(=O)C(C)C)NC(=O)CCCCCN1C(=O)CC(C(C)C)C1=O. The van der Waals surface area contributed by atoms with Gasteiger partial charge in [0.2, 0.25) is 23.6 Å². The van der Waals surface area contributed by atoms with Crippen molar-refractivity contribution in [2.75, 3.05) is 132 Å². The Morgan fingerprint density at radius 1 is 0.617 bits per heavy atom. The summed E-state index contributed by atoms with van der Waals surface area (Å²) in [5, 5.41) is 9.38. The number of Topliss-reactive ketones (excluding diaryl/α,β-unsaturated/α-hetero) is 1. The summed E-state index contributed by atoms with van der Waals surface area (Å²) in [6, 6.07) is -0.109. The van der Waals surface area contributed by atoms with Gasteiger partial charge in [-0.05, 0) is 38.0 Å². The van der Waals surface area contributed by atoms with Gasteiger partial charge >= 0.3 is 0 Å². The summed E-state index contributed by atoms with van der Waals surface area (Å²) in [6.07, 6.45) is 5.72. The molecule has 17 heteroatoms. The van der Waals surface area contributed by atoms with Crippen molar-refractivity contribution in [2.45, 2.75) is 97.9 Å². The van der Waals surface area contributed by atoms with Crippen molar-refractivity contribution in [2.24, 2.45) is 17.8 Å². The molecule has 17 nitrogen and oxygen atoms in total. The lowest BCUT2D eigenvalue weighted by Gasteiger charge is -2.20. The Labute approximate surface area is 359 Å². The smallest absolute Gasteiger partial charge is 0.233 e. The number of carbonyl (C=O) groups is 5. The van der Waals surface area contributed by atoms with Gasteiger partial charge in [-0.2, -0.15) is 0 Å². The molecule has 4 amide bonds. The predicted octanol–water partition coefficient (Wildman–Crippen LogP) is 2.71. The van der Waals surface area contributed by atoms with E-state index in [0.717, 1.165) is 25.7 Å². The van der Waals surface area contributed by atoms with E-state index in [2.05, 4.69) is 16.0 Å². The minimum absolute atomic E-state index is 0.0109. The van der Waals surface area contributed by atoms with Crippen LogP contribution in [0.15, 0.2) is 0 Å². The van der Waals surface area contributed by atoms with Crippen LogP contribution in [-0.2, 0) is 61.9 Å². The number of carbonyl (C=O) groups excluding carboxylic acids is 5.